The van der Waals surface area contributed by atoms with Gasteiger partial charge in [0, 0.05) is 19.3 Å². The SMILES string of the molecule is CC(C)(C)C1CCN(Cc2cn(CCN)nn2)CC1. The zero-order valence-corrected chi connectivity index (χ0v) is 12.5. The van der Waals surface area contributed by atoms with Gasteiger partial charge in [0.25, 0.3) is 0 Å². The first-order chi connectivity index (χ1) is 8.99. The van der Waals surface area contributed by atoms with Gasteiger partial charge in [-0.25, -0.2) is 0 Å². The molecular formula is C14H27N5. The van der Waals surface area contributed by atoms with Crippen LogP contribution < -0.4 is 5.73 Å². The Morgan fingerprint density at radius 2 is 2.00 bits per heavy atom. The van der Waals surface area contributed by atoms with Crippen LogP contribution in [0, 0.1) is 11.3 Å². The van der Waals surface area contributed by atoms with Crippen LogP contribution >= 0.6 is 0 Å². The molecule has 5 heteroatoms. The Hall–Kier alpha value is -0.940. The van der Waals surface area contributed by atoms with Crippen LogP contribution in [-0.2, 0) is 13.1 Å². The summed E-state index contributed by atoms with van der Waals surface area (Å²) in [6, 6.07) is 0. The first-order valence-electron chi connectivity index (χ1n) is 7.30. The average Bonchev–Trinajstić information content (AvgIpc) is 2.77. The minimum atomic E-state index is 0.441. The average molecular weight is 265 g/mol. The fraction of sp³-hybridized carbons (Fsp3) is 0.857. The summed E-state index contributed by atoms with van der Waals surface area (Å²) in [5.74, 6) is 0.844. The third-order valence-electron chi connectivity index (χ3n) is 4.14. The maximum atomic E-state index is 5.51. The molecule has 108 valence electrons. The molecule has 0 radical (unpaired) electrons. The normalized spacial score (nSPS) is 18.9. The van der Waals surface area contributed by atoms with Crippen LogP contribution in [0.5, 0.6) is 0 Å². The van der Waals surface area contributed by atoms with E-state index in [9.17, 15) is 0 Å². The van der Waals surface area contributed by atoms with E-state index in [2.05, 4.69) is 36.0 Å². The van der Waals surface area contributed by atoms with Crippen LogP contribution in [0.4, 0.5) is 0 Å². The van der Waals surface area contributed by atoms with E-state index >= 15 is 0 Å². The minimum absolute atomic E-state index is 0.441. The van der Waals surface area contributed by atoms with Gasteiger partial charge in [-0.1, -0.05) is 26.0 Å². The van der Waals surface area contributed by atoms with Crippen LogP contribution in [0.2, 0.25) is 0 Å². The maximum absolute atomic E-state index is 5.51. The van der Waals surface area contributed by atoms with Gasteiger partial charge < -0.3 is 5.73 Å². The lowest BCUT2D eigenvalue weighted by atomic mass is 9.75. The smallest absolute Gasteiger partial charge is 0.0967 e. The molecule has 19 heavy (non-hydrogen) atoms. The monoisotopic (exact) mass is 265 g/mol. The predicted molar refractivity (Wildman–Crippen MR) is 76.5 cm³/mol. The van der Waals surface area contributed by atoms with Gasteiger partial charge in [0.2, 0.25) is 0 Å². The third kappa shape index (κ3) is 4.01. The van der Waals surface area contributed by atoms with Crippen molar-refractivity contribution < 1.29 is 0 Å². The minimum Gasteiger partial charge on any atom is -0.329 e. The first kappa shape index (κ1) is 14.5. The Labute approximate surface area is 116 Å². The summed E-state index contributed by atoms with van der Waals surface area (Å²) < 4.78 is 1.83. The van der Waals surface area contributed by atoms with Crippen molar-refractivity contribution in [1.82, 2.24) is 19.9 Å². The summed E-state index contributed by atoms with van der Waals surface area (Å²) >= 11 is 0. The van der Waals surface area contributed by atoms with Crippen LogP contribution in [0.3, 0.4) is 0 Å². The molecule has 2 heterocycles. The van der Waals surface area contributed by atoms with E-state index in [-0.39, 0.29) is 0 Å². The molecule has 0 atom stereocenters. The largest absolute Gasteiger partial charge is 0.329 e. The van der Waals surface area contributed by atoms with Crippen molar-refractivity contribution in [2.75, 3.05) is 19.6 Å². The van der Waals surface area contributed by atoms with Crippen molar-refractivity contribution in [2.45, 2.75) is 46.7 Å². The molecule has 5 nitrogen and oxygen atoms in total. The second kappa shape index (κ2) is 6.01. The molecule has 0 aromatic carbocycles. The Morgan fingerprint density at radius 3 is 2.58 bits per heavy atom. The fourth-order valence-corrected chi connectivity index (χ4v) is 2.84. The lowest BCUT2D eigenvalue weighted by Crippen LogP contribution is -2.37. The lowest BCUT2D eigenvalue weighted by molar-refractivity contribution is 0.107. The Kier molecular flexibility index (Phi) is 4.58. The van der Waals surface area contributed by atoms with Crippen molar-refractivity contribution >= 4 is 0 Å². The van der Waals surface area contributed by atoms with Gasteiger partial charge in [-0.15, -0.1) is 5.10 Å². The summed E-state index contributed by atoms with van der Waals surface area (Å²) in [6.45, 7) is 11.7. The van der Waals surface area contributed by atoms with Crippen molar-refractivity contribution in [3.05, 3.63) is 11.9 Å². The van der Waals surface area contributed by atoms with E-state index in [1.807, 2.05) is 10.9 Å². The van der Waals surface area contributed by atoms with Gasteiger partial charge in [0.15, 0.2) is 0 Å². The van der Waals surface area contributed by atoms with Gasteiger partial charge in [0.1, 0.15) is 0 Å². The predicted octanol–water partition coefficient (Wildman–Crippen LogP) is 1.49. The quantitative estimate of drug-likeness (QED) is 0.896. The standard InChI is InChI=1S/C14H27N5/c1-14(2,3)12-4-7-18(8-5-12)10-13-11-19(9-6-15)17-16-13/h11-12H,4-10,15H2,1-3H3. The highest BCUT2D eigenvalue weighted by molar-refractivity contribution is 4.93. The molecule has 0 spiro atoms. The van der Waals surface area contributed by atoms with Crippen molar-refractivity contribution in [3.63, 3.8) is 0 Å². The molecule has 2 rings (SSSR count). The molecule has 1 aliphatic heterocycles. The van der Waals surface area contributed by atoms with E-state index in [0.29, 0.717) is 12.0 Å². The number of likely N-dealkylation sites (tertiary alicyclic amines) is 1. The molecule has 0 saturated carbocycles. The van der Waals surface area contributed by atoms with Crippen LogP contribution in [0.15, 0.2) is 6.20 Å². The van der Waals surface area contributed by atoms with Gasteiger partial charge in [-0.05, 0) is 37.3 Å². The molecule has 2 N–H and O–H groups in total. The molecule has 1 aromatic rings. The van der Waals surface area contributed by atoms with E-state index < -0.39 is 0 Å². The Bertz CT molecular complexity index is 385. The summed E-state index contributed by atoms with van der Waals surface area (Å²) in [5.41, 5.74) is 7.01. The Balaban J connectivity index is 1.82. The number of nitrogens with two attached hydrogens (primary N) is 1. The number of rotatable bonds is 4. The second-order valence-corrected chi connectivity index (χ2v) is 6.68. The third-order valence-corrected chi connectivity index (χ3v) is 4.14. The highest BCUT2D eigenvalue weighted by Crippen LogP contribution is 2.34. The van der Waals surface area contributed by atoms with E-state index in [0.717, 1.165) is 24.7 Å². The summed E-state index contributed by atoms with van der Waals surface area (Å²) in [6.07, 6.45) is 4.60. The van der Waals surface area contributed by atoms with Crippen LogP contribution in [0.25, 0.3) is 0 Å². The molecule has 1 aliphatic rings. The fourth-order valence-electron chi connectivity index (χ4n) is 2.84. The molecular weight excluding hydrogens is 238 g/mol. The molecule has 0 aliphatic carbocycles. The highest BCUT2D eigenvalue weighted by atomic mass is 15.4. The van der Waals surface area contributed by atoms with Gasteiger partial charge in [0.05, 0.1) is 12.2 Å². The molecule has 0 amide bonds. The van der Waals surface area contributed by atoms with E-state index in [1.54, 1.807) is 0 Å². The van der Waals surface area contributed by atoms with Crippen molar-refractivity contribution in [2.24, 2.45) is 17.1 Å². The summed E-state index contributed by atoms with van der Waals surface area (Å²) in [7, 11) is 0. The van der Waals surface area contributed by atoms with Gasteiger partial charge in [-0.2, -0.15) is 0 Å². The van der Waals surface area contributed by atoms with Crippen molar-refractivity contribution in [3.8, 4) is 0 Å². The highest BCUT2D eigenvalue weighted by Gasteiger charge is 2.28. The molecule has 0 unspecified atom stereocenters. The zero-order valence-electron chi connectivity index (χ0n) is 12.5. The second-order valence-electron chi connectivity index (χ2n) is 6.68. The van der Waals surface area contributed by atoms with Crippen molar-refractivity contribution in [1.29, 1.82) is 0 Å². The van der Waals surface area contributed by atoms with E-state index in [1.165, 1.54) is 25.9 Å². The van der Waals surface area contributed by atoms with Gasteiger partial charge >= 0.3 is 0 Å². The molecule has 1 saturated heterocycles. The maximum Gasteiger partial charge on any atom is 0.0967 e. The summed E-state index contributed by atoms with van der Waals surface area (Å²) in [4.78, 5) is 2.49. The number of hydrogen-bond acceptors (Lipinski definition) is 4. The number of hydrogen-bond donors (Lipinski definition) is 1. The molecule has 1 fully saturated rings. The number of nitrogens with zero attached hydrogens (tertiary/aromatic N) is 4. The van der Waals surface area contributed by atoms with Crippen LogP contribution in [0.1, 0.15) is 39.3 Å². The zero-order chi connectivity index (χ0) is 13.9. The lowest BCUT2D eigenvalue weighted by Gasteiger charge is -2.38. The van der Waals surface area contributed by atoms with Gasteiger partial charge in [-0.3, -0.25) is 9.58 Å². The summed E-state index contributed by atoms with van der Waals surface area (Å²) in [5, 5.41) is 8.30. The number of piperidine rings is 1. The first-order valence-corrected chi connectivity index (χ1v) is 7.30. The number of aromatic nitrogens is 3. The molecule has 0 bridgehead atoms. The topological polar surface area (TPSA) is 60.0 Å². The van der Waals surface area contributed by atoms with Crippen LogP contribution in [-0.4, -0.2) is 39.5 Å². The van der Waals surface area contributed by atoms with E-state index in [4.69, 9.17) is 5.73 Å². The Morgan fingerprint density at radius 1 is 1.32 bits per heavy atom. The molecule has 1 aromatic heterocycles.